The molecule has 3 aliphatic rings. The minimum atomic E-state index is -4.48. The van der Waals surface area contributed by atoms with E-state index in [9.17, 15) is 18.0 Å². The molecule has 0 radical (unpaired) electrons. The van der Waals surface area contributed by atoms with Gasteiger partial charge in [-0.1, -0.05) is 18.2 Å². The Kier molecular flexibility index (Phi) is 4.59. The van der Waals surface area contributed by atoms with Crippen LogP contribution in [0.15, 0.2) is 36.7 Å². The van der Waals surface area contributed by atoms with E-state index < -0.39 is 17.5 Å². The number of carbonyl (C=O) groups is 1. The number of benzene rings is 1. The quantitative estimate of drug-likeness (QED) is 0.603. The number of halogens is 3. The van der Waals surface area contributed by atoms with Crippen LogP contribution in [-0.2, 0) is 11.2 Å². The molecule has 1 aromatic carbocycles. The maximum atomic E-state index is 13.4. The van der Waals surface area contributed by atoms with E-state index in [1.54, 1.807) is 6.20 Å². The number of anilines is 2. The van der Waals surface area contributed by atoms with Crippen LogP contribution >= 0.6 is 0 Å². The zero-order valence-electron chi connectivity index (χ0n) is 18.5. The van der Waals surface area contributed by atoms with Gasteiger partial charge in [0, 0.05) is 43.5 Å². The zero-order chi connectivity index (χ0) is 23.7. The van der Waals surface area contributed by atoms with Crippen LogP contribution in [-0.4, -0.2) is 44.4 Å². The molecular weight excluding hydrogens is 445 g/mol. The molecule has 7 nitrogen and oxygen atoms in total. The number of likely N-dealkylation sites (tertiary alicyclic amines) is 1. The van der Waals surface area contributed by atoms with Gasteiger partial charge in [0.15, 0.2) is 0 Å². The van der Waals surface area contributed by atoms with Crippen molar-refractivity contribution in [1.82, 2.24) is 19.3 Å². The number of nitrogens with two attached hydrogens (primary N) is 1. The third-order valence-electron chi connectivity index (χ3n) is 7.59. The highest BCUT2D eigenvalue weighted by Crippen LogP contribution is 2.59. The maximum Gasteiger partial charge on any atom is 0.403 e. The lowest BCUT2D eigenvalue weighted by molar-refractivity contribution is -0.199. The number of hydrogen-bond donors (Lipinski definition) is 2. The molecule has 1 saturated carbocycles. The molecule has 1 unspecified atom stereocenters. The van der Waals surface area contributed by atoms with Crippen LogP contribution in [0.5, 0.6) is 0 Å². The molecule has 4 heterocycles. The Morgan fingerprint density at radius 3 is 2.59 bits per heavy atom. The van der Waals surface area contributed by atoms with Gasteiger partial charge in [-0.25, -0.2) is 9.97 Å². The van der Waals surface area contributed by atoms with Crippen molar-refractivity contribution >= 4 is 22.9 Å². The number of fused-ring (bicyclic) bond motifs is 2. The van der Waals surface area contributed by atoms with Crippen LogP contribution in [0.1, 0.15) is 54.7 Å². The number of piperidine rings is 1. The third-order valence-corrected chi connectivity index (χ3v) is 7.59. The van der Waals surface area contributed by atoms with E-state index in [2.05, 4.69) is 16.4 Å². The first kappa shape index (κ1) is 21.2. The standard InChI is InChI=1S/C24H25F3N6O/c25-24(26,27)23(7-8-23)22(34)32-10-5-14(6-11-32)21-31-18(19-20(28)29-9-12-33(19)21)17-13-15-3-1-2-4-16(15)30-17/h1-4,9,12,14,17,30H,5-8,10-11,13H2,(H2,28,29). The lowest BCUT2D eigenvalue weighted by Gasteiger charge is -2.34. The van der Waals surface area contributed by atoms with Crippen LogP contribution in [0.2, 0.25) is 0 Å². The molecule has 0 bridgehead atoms. The molecular formula is C24H25F3N6O. The summed E-state index contributed by atoms with van der Waals surface area (Å²) in [7, 11) is 0. The molecule has 6 rings (SSSR count). The van der Waals surface area contributed by atoms with Gasteiger partial charge < -0.3 is 16.0 Å². The van der Waals surface area contributed by atoms with Gasteiger partial charge in [0.25, 0.3) is 0 Å². The minimum Gasteiger partial charge on any atom is -0.382 e. The Bertz CT molecular complexity index is 1250. The second kappa shape index (κ2) is 7.35. The van der Waals surface area contributed by atoms with Crippen LogP contribution in [0.4, 0.5) is 24.7 Å². The molecule has 178 valence electrons. The highest BCUT2D eigenvalue weighted by molar-refractivity contribution is 5.86. The Morgan fingerprint density at radius 2 is 1.91 bits per heavy atom. The summed E-state index contributed by atoms with van der Waals surface area (Å²) in [6.45, 7) is 0.582. The van der Waals surface area contributed by atoms with E-state index in [1.165, 1.54) is 10.5 Å². The Morgan fingerprint density at radius 1 is 1.18 bits per heavy atom. The summed E-state index contributed by atoms with van der Waals surface area (Å²) in [5.74, 6) is 0.453. The smallest absolute Gasteiger partial charge is 0.382 e. The lowest BCUT2D eigenvalue weighted by atomic mass is 9.94. The van der Waals surface area contributed by atoms with E-state index in [0.717, 1.165) is 29.1 Å². The fourth-order valence-corrected chi connectivity index (χ4v) is 5.50. The van der Waals surface area contributed by atoms with Gasteiger partial charge in [0.2, 0.25) is 5.91 Å². The largest absolute Gasteiger partial charge is 0.403 e. The van der Waals surface area contributed by atoms with Gasteiger partial charge in [-0.15, -0.1) is 0 Å². The number of para-hydroxylation sites is 1. The first-order valence-electron chi connectivity index (χ1n) is 11.6. The highest BCUT2D eigenvalue weighted by atomic mass is 19.4. The van der Waals surface area contributed by atoms with Gasteiger partial charge in [-0.3, -0.25) is 9.20 Å². The molecule has 1 atom stereocenters. The van der Waals surface area contributed by atoms with Crippen molar-refractivity contribution in [2.45, 2.75) is 50.2 Å². The van der Waals surface area contributed by atoms with Gasteiger partial charge >= 0.3 is 6.18 Å². The Hall–Kier alpha value is -3.30. The molecule has 1 saturated heterocycles. The predicted molar refractivity (Wildman–Crippen MR) is 120 cm³/mol. The topological polar surface area (TPSA) is 88.5 Å². The Balaban J connectivity index is 1.26. The van der Waals surface area contributed by atoms with Gasteiger partial charge in [0.05, 0.1) is 11.7 Å². The Labute approximate surface area is 194 Å². The summed E-state index contributed by atoms with van der Waals surface area (Å²) >= 11 is 0. The molecule has 1 aliphatic carbocycles. The van der Waals surface area contributed by atoms with Crippen molar-refractivity contribution in [3.8, 4) is 0 Å². The second-order valence-corrected chi connectivity index (χ2v) is 9.59. The second-order valence-electron chi connectivity index (χ2n) is 9.59. The van der Waals surface area contributed by atoms with Crippen molar-refractivity contribution in [3.63, 3.8) is 0 Å². The molecule has 2 aliphatic heterocycles. The summed E-state index contributed by atoms with van der Waals surface area (Å²) in [6, 6.07) is 8.07. The number of hydrogen-bond acceptors (Lipinski definition) is 5. The number of imidazole rings is 1. The van der Waals surface area contributed by atoms with Gasteiger partial charge in [0.1, 0.15) is 22.6 Å². The van der Waals surface area contributed by atoms with Crippen LogP contribution < -0.4 is 11.1 Å². The van der Waals surface area contributed by atoms with Gasteiger partial charge in [-0.05, 0) is 37.3 Å². The highest BCUT2D eigenvalue weighted by Gasteiger charge is 2.69. The average Bonchev–Trinajstić information content (AvgIpc) is 3.40. The number of carbonyl (C=O) groups excluding carboxylic acids is 1. The summed E-state index contributed by atoms with van der Waals surface area (Å²) < 4.78 is 42.2. The summed E-state index contributed by atoms with van der Waals surface area (Å²) in [5.41, 5.74) is 7.98. The summed E-state index contributed by atoms with van der Waals surface area (Å²) in [5, 5.41) is 3.53. The molecule has 0 spiro atoms. The number of amides is 1. The normalized spacial score (nSPS) is 22.0. The molecule has 10 heteroatoms. The van der Waals surface area contributed by atoms with E-state index in [4.69, 9.17) is 10.7 Å². The third kappa shape index (κ3) is 3.14. The number of alkyl halides is 3. The molecule has 1 amide bonds. The van der Waals surface area contributed by atoms with E-state index in [-0.39, 0.29) is 24.8 Å². The lowest BCUT2D eigenvalue weighted by Crippen LogP contribution is -2.47. The van der Waals surface area contributed by atoms with Crippen LogP contribution in [0.25, 0.3) is 5.52 Å². The minimum absolute atomic E-state index is 0.0110. The zero-order valence-corrected chi connectivity index (χ0v) is 18.5. The fraction of sp³-hybridized carbons (Fsp3) is 0.458. The maximum absolute atomic E-state index is 13.4. The fourth-order valence-electron chi connectivity index (χ4n) is 5.50. The van der Waals surface area contributed by atoms with E-state index in [1.807, 2.05) is 28.8 Å². The SMILES string of the molecule is Nc1nccn2c(C3CCN(C(=O)C4(C(F)(F)F)CC4)CC3)nc(C3Cc4ccccc4N3)c12. The monoisotopic (exact) mass is 470 g/mol. The molecule has 3 N–H and O–H groups in total. The molecule has 34 heavy (non-hydrogen) atoms. The number of aromatic nitrogens is 3. The first-order chi connectivity index (χ1) is 16.3. The van der Waals surface area contributed by atoms with Crippen LogP contribution in [0, 0.1) is 5.41 Å². The number of nitrogens with one attached hydrogen (secondary N) is 1. The summed E-state index contributed by atoms with van der Waals surface area (Å²) in [6.07, 6.45) is 0.665. The van der Waals surface area contributed by atoms with Gasteiger partial charge in [-0.2, -0.15) is 13.2 Å². The predicted octanol–water partition coefficient (Wildman–Crippen LogP) is 4.07. The van der Waals surface area contributed by atoms with E-state index >= 15 is 0 Å². The van der Waals surface area contributed by atoms with Crippen molar-refractivity contribution in [2.75, 3.05) is 24.1 Å². The molecule has 2 fully saturated rings. The van der Waals surface area contributed by atoms with Crippen molar-refractivity contribution < 1.29 is 18.0 Å². The van der Waals surface area contributed by atoms with Crippen molar-refractivity contribution in [2.24, 2.45) is 5.41 Å². The van der Waals surface area contributed by atoms with Crippen molar-refractivity contribution in [3.05, 3.63) is 53.7 Å². The average molecular weight is 470 g/mol. The van der Waals surface area contributed by atoms with E-state index in [0.29, 0.717) is 31.7 Å². The molecule has 2 aromatic heterocycles. The molecule has 3 aromatic rings. The van der Waals surface area contributed by atoms with Crippen molar-refractivity contribution in [1.29, 1.82) is 0 Å². The number of nitrogen functional groups attached to an aromatic ring is 1. The first-order valence-corrected chi connectivity index (χ1v) is 11.6. The summed E-state index contributed by atoms with van der Waals surface area (Å²) in [4.78, 5) is 23.3. The van der Waals surface area contributed by atoms with Crippen LogP contribution in [0.3, 0.4) is 0 Å². The number of nitrogens with zero attached hydrogens (tertiary/aromatic N) is 4. The number of rotatable bonds is 3.